The van der Waals surface area contributed by atoms with Gasteiger partial charge in [-0.3, -0.25) is 4.79 Å². The fourth-order valence-corrected chi connectivity index (χ4v) is 6.88. The normalized spacial score (nSPS) is 22.9. The Balaban J connectivity index is 1.50. The summed E-state index contributed by atoms with van der Waals surface area (Å²) in [6, 6.07) is 14.5. The van der Waals surface area contributed by atoms with Crippen molar-refractivity contribution in [2.24, 2.45) is 5.41 Å². The van der Waals surface area contributed by atoms with E-state index in [1.165, 1.54) is 62.5 Å². The molecule has 0 N–H and O–H groups in total. The molecule has 0 atom stereocenters. The number of nitrogens with zero attached hydrogens (tertiary/aromatic N) is 2. The second-order valence-corrected chi connectivity index (χ2v) is 11.2. The number of benzene rings is 2. The Morgan fingerprint density at radius 2 is 1.57 bits per heavy atom. The molecule has 0 aromatic heterocycles. The molecule has 0 amide bonds. The molecule has 0 heterocycles. The lowest BCUT2D eigenvalue weighted by Crippen LogP contribution is -2.44. The van der Waals surface area contributed by atoms with Crippen molar-refractivity contribution < 1.29 is 9.53 Å². The third-order valence-electron chi connectivity index (χ3n) is 8.50. The van der Waals surface area contributed by atoms with Crippen LogP contribution in [-0.4, -0.2) is 5.97 Å². The van der Waals surface area contributed by atoms with Crippen molar-refractivity contribution in [3.8, 4) is 17.9 Å². The van der Waals surface area contributed by atoms with E-state index in [1.807, 2.05) is 0 Å². The maximum absolute atomic E-state index is 11.7. The van der Waals surface area contributed by atoms with Crippen LogP contribution in [0.25, 0.3) is 0 Å². The van der Waals surface area contributed by atoms with E-state index in [4.69, 9.17) is 4.74 Å². The van der Waals surface area contributed by atoms with E-state index in [0.717, 1.165) is 16.5 Å². The van der Waals surface area contributed by atoms with Crippen molar-refractivity contribution in [1.82, 2.24) is 0 Å². The standard InChI is InChI=1S/C30H33BrN2O2/c1-3-11-29-12-15-30(16-13-29,17-14-29)23-9-7-22(26(31)18-23)6-5-21-8-10-27(35-28(34)4-2)25(20-33)24(21)19-32/h7-10,18H,3-6,11-17H2,1-2H3. The summed E-state index contributed by atoms with van der Waals surface area (Å²) in [5.41, 5.74) is 4.82. The van der Waals surface area contributed by atoms with Gasteiger partial charge in [-0.05, 0) is 97.4 Å². The van der Waals surface area contributed by atoms with Gasteiger partial charge in [0.15, 0.2) is 0 Å². The molecule has 2 aromatic rings. The highest BCUT2D eigenvalue weighted by atomic mass is 79.9. The van der Waals surface area contributed by atoms with Crippen LogP contribution in [0.4, 0.5) is 0 Å². The van der Waals surface area contributed by atoms with E-state index >= 15 is 0 Å². The highest BCUT2D eigenvalue weighted by molar-refractivity contribution is 9.10. The highest BCUT2D eigenvalue weighted by Crippen LogP contribution is 2.59. The van der Waals surface area contributed by atoms with E-state index in [-0.39, 0.29) is 17.7 Å². The Hall–Kier alpha value is -2.63. The highest BCUT2D eigenvalue weighted by Gasteiger charge is 2.48. The summed E-state index contributed by atoms with van der Waals surface area (Å²) in [5.74, 6) is -0.263. The van der Waals surface area contributed by atoms with Gasteiger partial charge in [-0.1, -0.05) is 54.4 Å². The molecule has 3 aliphatic rings. The first-order chi connectivity index (χ1) is 16.9. The van der Waals surface area contributed by atoms with Crippen molar-refractivity contribution in [3.05, 3.63) is 62.6 Å². The molecule has 5 rings (SSSR count). The smallest absolute Gasteiger partial charge is 0.310 e. The van der Waals surface area contributed by atoms with E-state index < -0.39 is 5.97 Å². The number of esters is 1. The van der Waals surface area contributed by atoms with Crippen molar-refractivity contribution in [1.29, 1.82) is 10.5 Å². The van der Waals surface area contributed by atoms with Gasteiger partial charge in [0.05, 0.1) is 5.56 Å². The third-order valence-corrected chi connectivity index (χ3v) is 9.24. The fraction of sp³-hybridized carbons (Fsp3) is 0.500. The minimum absolute atomic E-state index is 0.133. The lowest BCUT2D eigenvalue weighted by atomic mass is 9.51. The molecule has 3 aliphatic carbocycles. The van der Waals surface area contributed by atoms with E-state index in [2.05, 4.69) is 53.2 Å². The van der Waals surface area contributed by atoms with Gasteiger partial charge < -0.3 is 4.74 Å². The summed E-state index contributed by atoms with van der Waals surface area (Å²) < 4.78 is 6.38. The molecule has 182 valence electrons. The molecule has 0 spiro atoms. The minimum Gasteiger partial charge on any atom is -0.425 e. The molecular weight excluding hydrogens is 500 g/mol. The van der Waals surface area contributed by atoms with Crippen molar-refractivity contribution >= 4 is 21.9 Å². The molecule has 2 bridgehead atoms. The predicted molar refractivity (Wildman–Crippen MR) is 140 cm³/mol. The summed E-state index contributed by atoms with van der Waals surface area (Å²) in [5, 5.41) is 19.4. The first kappa shape index (κ1) is 25.5. The van der Waals surface area contributed by atoms with Gasteiger partial charge in [0.2, 0.25) is 0 Å². The molecule has 0 radical (unpaired) electrons. The number of carbonyl (C=O) groups is 1. The number of fused-ring (bicyclic) bond motifs is 3. The Bertz CT molecular complexity index is 1180. The van der Waals surface area contributed by atoms with Crippen LogP contribution in [0.3, 0.4) is 0 Å². The number of hydrogen-bond acceptors (Lipinski definition) is 4. The van der Waals surface area contributed by atoms with Crippen molar-refractivity contribution in [2.75, 3.05) is 0 Å². The molecule has 3 saturated carbocycles. The summed E-state index contributed by atoms with van der Waals surface area (Å²) in [6.45, 7) is 4.01. The van der Waals surface area contributed by atoms with Gasteiger partial charge in [-0.15, -0.1) is 0 Å². The second kappa shape index (κ2) is 10.5. The molecule has 5 heteroatoms. The Labute approximate surface area is 217 Å². The molecule has 4 nitrogen and oxygen atoms in total. The van der Waals surface area contributed by atoms with E-state index in [9.17, 15) is 15.3 Å². The quantitative estimate of drug-likeness (QED) is 0.258. The lowest BCUT2D eigenvalue weighted by Gasteiger charge is -2.54. The first-order valence-corrected chi connectivity index (χ1v) is 13.6. The molecule has 2 aromatic carbocycles. The Morgan fingerprint density at radius 1 is 0.943 bits per heavy atom. The summed E-state index contributed by atoms with van der Waals surface area (Å²) in [4.78, 5) is 11.7. The number of carbonyl (C=O) groups excluding carboxylic acids is 1. The number of ether oxygens (including phenoxy) is 1. The number of nitriles is 2. The number of halogens is 1. The Morgan fingerprint density at radius 3 is 2.14 bits per heavy atom. The molecule has 0 saturated heterocycles. The Kier molecular flexibility index (Phi) is 7.67. The molecule has 3 fully saturated rings. The largest absolute Gasteiger partial charge is 0.425 e. The minimum atomic E-state index is -0.423. The van der Waals surface area contributed by atoms with E-state index in [1.54, 1.807) is 19.1 Å². The number of hydrogen-bond donors (Lipinski definition) is 0. The molecule has 0 unspecified atom stereocenters. The number of rotatable bonds is 8. The average molecular weight is 534 g/mol. The number of aryl methyl sites for hydroxylation is 2. The predicted octanol–water partition coefficient (Wildman–Crippen LogP) is 7.69. The van der Waals surface area contributed by atoms with Gasteiger partial charge in [-0.25, -0.2) is 0 Å². The second-order valence-electron chi connectivity index (χ2n) is 10.4. The maximum atomic E-state index is 11.7. The molecule has 35 heavy (non-hydrogen) atoms. The zero-order chi connectivity index (χ0) is 25.1. The van der Waals surface area contributed by atoms with Gasteiger partial charge in [0.25, 0.3) is 0 Å². The van der Waals surface area contributed by atoms with E-state index in [0.29, 0.717) is 22.8 Å². The topological polar surface area (TPSA) is 73.9 Å². The maximum Gasteiger partial charge on any atom is 0.310 e. The third kappa shape index (κ3) is 5.03. The van der Waals surface area contributed by atoms with Crippen molar-refractivity contribution in [2.45, 2.75) is 89.9 Å². The fourth-order valence-electron chi connectivity index (χ4n) is 6.30. The van der Waals surface area contributed by atoms with Crippen LogP contribution < -0.4 is 4.74 Å². The first-order valence-electron chi connectivity index (χ1n) is 12.8. The van der Waals surface area contributed by atoms with Crippen LogP contribution in [-0.2, 0) is 23.1 Å². The van der Waals surface area contributed by atoms with Crippen LogP contribution in [0.5, 0.6) is 5.75 Å². The summed E-state index contributed by atoms with van der Waals surface area (Å²) in [6.07, 6.45) is 12.3. The van der Waals surface area contributed by atoms with Gasteiger partial charge >= 0.3 is 5.97 Å². The van der Waals surface area contributed by atoms with Crippen LogP contribution in [0, 0.1) is 28.1 Å². The van der Waals surface area contributed by atoms with Gasteiger partial charge in [0.1, 0.15) is 23.5 Å². The molecule has 0 aliphatic heterocycles. The van der Waals surface area contributed by atoms with Crippen LogP contribution >= 0.6 is 15.9 Å². The summed E-state index contributed by atoms with van der Waals surface area (Å²) >= 11 is 3.82. The SMILES string of the molecule is CCCC12CCC(c3ccc(CCc4ccc(OC(=O)CC)c(C#N)c4C#N)c(Br)c3)(CC1)CC2. The zero-order valence-electron chi connectivity index (χ0n) is 20.8. The van der Waals surface area contributed by atoms with Gasteiger partial charge in [-0.2, -0.15) is 10.5 Å². The van der Waals surface area contributed by atoms with Crippen LogP contribution in [0.15, 0.2) is 34.8 Å². The van der Waals surface area contributed by atoms with Crippen LogP contribution in [0.2, 0.25) is 0 Å². The average Bonchev–Trinajstić information content (AvgIpc) is 2.89. The van der Waals surface area contributed by atoms with Gasteiger partial charge in [0, 0.05) is 10.9 Å². The monoisotopic (exact) mass is 532 g/mol. The van der Waals surface area contributed by atoms with Crippen molar-refractivity contribution in [3.63, 3.8) is 0 Å². The zero-order valence-corrected chi connectivity index (χ0v) is 22.3. The summed E-state index contributed by atoms with van der Waals surface area (Å²) in [7, 11) is 0. The lowest BCUT2D eigenvalue weighted by molar-refractivity contribution is -0.134. The molecular formula is C30H33BrN2O2. The van der Waals surface area contributed by atoms with Crippen LogP contribution in [0.1, 0.15) is 99.5 Å².